The third kappa shape index (κ3) is 5.79. The van der Waals surface area contributed by atoms with Crippen LogP contribution in [-0.2, 0) is 12.7 Å². The number of nitrogens with one attached hydrogen (secondary N) is 1. The highest BCUT2D eigenvalue weighted by Crippen LogP contribution is 2.31. The number of nitrogens with zero attached hydrogens (tertiary/aromatic N) is 2. The van der Waals surface area contributed by atoms with E-state index in [1.165, 1.54) is 0 Å². The van der Waals surface area contributed by atoms with Crippen LogP contribution in [0.15, 0.2) is 36.9 Å². The van der Waals surface area contributed by atoms with Gasteiger partial charge in [-0.1, -0.05) is 13.8 Å². The van der Waals surface area contributed by atoms with E-state index in [1.54, 1.807) is 25.5 Å². The maximum absolute atomic E-state index is 12.7. The molecule has 0 bridgehead atoms. The molecule has 1 aromatic carbocycles. The standard InChI is InChI=1S/C14H16F3N3.C2H6/c1-11-7-12(14(15,16)17)9-13(8-11)19-3-2-5-20-6-4-18-10-20;1-2/h4,6-10,19H,2-3,5H2,1H3;1-2H3. The minimum atomic E-state index is -4.31. The van der Waals surface area contributed by atoms with E-state index in [0.717, 1.165) is 25.1 Å². The van der Waals surface area contributed by atoms with Gasteiger partial charge in [0.2, 0.25) is 0 Å². The maximum Gasteiger partial charge on any atom is 0.416 e. The third-order valence-electron chi connectivity index (χ3n) is 2.89. The molecule has 0 aliphatic rings. The number of hydrogen-bond acceptors (Lipinski definition) is 2. The van der Waals surface area contributed by atoms with Crippen molar-refractivity contribution in [3.05, 3.63) is 48.0 Å². The van der Waals surface area contributed by atoms with Gasteiger partial charge in [0.15, 0.2) is 0 Å². The Labute approximate surface area is 129 Å². The Morgan fingerprint density at radius 1 is 1.18 bits per heavy atom. The van der Waals surface area contributed by atoms with Crippen molar-refractivity contribution in [1.29, 1.82) is 0 Å². The molecule has 6 heteroatoms. The molecule has 0 saturated carbocycles. The van der Waals surface area contributed by atoms with E-state index in [2.05, 4.69) is 10.3 Å². The highest BCUT2D eigenvalue weighted by molar-refractivity contribution is 5.49. The van der Waals surface area contributed by atoms with Gasteiger partial charge in [-0.15, -0.1) is 0 Å². The molecule has 22 heavy (non-hydrogen) atoms. The molecule has 122 valence electrons. The van der Waals surface area contributed by atoms with E-state index in [9.17, 15) is 13.2 Å². The first kappa shape index (κ1) is 18.1. The minimum Gasteiger partial charge on any atom is -0.385 e. The summed E-state index contributed by atoms with van der Waals surface area (Å²) in [7, 11) is 0. The number of aromatic nitrogens is 2. The molecule has 2 aromatic rings. The van der Waals surface area contributed by atoms with Gasteiger partial charge in [0, 0.05) is 31.2 Å². The number of aryl methyl sites for hydroxylation is 2. The summed E-state index contributed by atoms with van der Waals surface area (Å²) in [6.07, 6.45) is 1.78. The quantitative estimate of drug-likeness (QED) is 0.808. The Morgan fingerprint density at radius 2 is 1.91 bits per heavy atom. The number of halogens is 3. The summed E-state index contributed by atoms with van der Waals surface area (Å²) >= 11 is 0. The van der Waals surface area contributed by atoms with Crippen molar-refractivity contribution in [1.82, 2.24) is 9.55 Å². The topological polar surface area (TPSA) is 29.9 Å². The second-order valence-electron chi connectivity index (χ2n) is 4.67. The number of anilines is 1. The molecule has 0 unspecified atom stereocenters. The first-order chi connectivity index (χ1) is 10.4. The predicted molar refractivity (Wildman–Crippen MR) is 82.9 cm³/mol. The first-order valence-corrected chi connectivity index (χ1v) is 7.33. The molecule has 0 amide bonds. The highest BCUT2D eigenvalue weighted by atomic mass is 19.4. The molecule has 0 radical (unpaired) electrons. The molecule has 3 nitrogen and oxygen atoms in total. The number of alkyl halides is 3. The largest absolute Gasteiger partial charge is 0.416 e. The van der Waals surface area contributed by atoms with Crippen LogP contribution in [0.25, 0.3) is 0 Å². The summed E-state index contributed by atoms with van der Waals surface area (Å²) in [4.78, 5) is 3.93. The zero-order chi connectivity index (χ0) is 16.6. The Hall–Kier alpha value is -1.98. The Bertz CT molecular complexity index is 548. The molecule has 1 N–H and O–H groups in total. The lowest BCUT2D eigenvalue weighted by molar-refractivity contribution is -0.137. The van der Waals surface area contributed by atoms with Crippen molar-refractivity contribution < 1.29 is 13.2 Å². The van der Waals surface area contributed by atoms with Crippen LogP contribution >= 0.6 is 0 Å². The summed E-state index contributed by atoms with van der Waals surface area (Å²) in [6.45, 7) is 7.05. The fraction of sp³-hybridized carbons (Fsp3) is 0.438. The van der Waals surface area contributed by atoms with Crippen molar-refractivity contribution >= 4 is 5.69 Å². The average molecular weight is 313 g/mol. The van der Waals surface area contributed by atoms with Crippen LogP contribution in [0.4, 0.5) is 18.9 Å². The van der Waals surface area contributed by atoms with Gasteiger partial charge in [-0.25, -0.2) is 4.98 Å². The fourth-order valence-corrected chi connectivity index (χ4v) is 1.96. The van der Waals surface area contributed by atoms with Gasteiger partial charge in [0.05, 0.1) is 11.9 Å². The number of imidazole rings is 1. The van der Waals surface area contributed by atoms with Gasteiger partial charge in [-0.05, 0) is 37.1 Å². The van der Waals surface area contributed by atoms with E-state index in [-0.39, 0.29) is 0 Å². The smallest absolute Gasteiger partial charge is 0.385 e. The summed E-state index contributed by atoms with van der Waals surface area (Å²) < 4.78 is 40.0. The molecule has 2 rings (SSSR count). The molecule has 0 saturated heterocycles. The third-order valence-corrected chi connectivity index (χ3v) is 2.89. The van der Waals surface area contributed by atoms with E-state index >= 15 is 0 Å². The zero-order valence-corrected chi connectivity index (χ0v) is 13.1. The van der Waals surface area contributed by atoms with Crippen molar-refractivity contribution in [3.63, 3.8) is 0 Å². The van der Waals surface area contributed by atoms with E-state index in [0.29, 0.717) is 17.8 Å². The fourth-order valence-electron chi connectivity index (χ4n) is 1.96. The summed E-state index contributed by atoms with van der Waals surface area (Å²) in [5.74, 6) is 0. The normalized spacial score (nSPS) is 10.8. The van der Waals surface area contributed by atoms with Crippen molar-refractivity contribution in [2.45, 2.75) is 39.9 Å². The molecular weight excluding hydrogens is 291 g/mol. The monoisotopic (exact) mass is 313 g/mol. The molecule has 1 heterocycles. The van der Waals surface area contributed by atoms with Gasteiger partial charge in [0.1, 0.15) is 0 Å². The Kier molecular flexibility index (Phi) is 6.95. The van der Waals surface area contributed by atoms with Crippen LogP contribution in [0.1, 0.15) is 31.4 Å². The van der Waals surface area contributed by atoms with E-state index in [4.69, 9.17) is 0 Å². The predicted octanol–water partition coefficient (Wildman–Crippen LogP) is 4.74. The van der Waals surface area contributed by atoms with E-state index < -0.39 is 11.7 Å². The Balaban J connectivity index is 0.00000116. The van der Waals surface area contributed by atoms with Crippen LogP contribution in [0.2, 0.25) is 0 Å². The van der Waals surface area contributed by atoms with Crippen LogP contribution in [-0.4, -0.2) is 16.1 Å². The Morgan fingerprint density at radius 3 is 2.50 bits per heavy atom. The van der Waals surface area contributed by atoms with Gasteiger partial charge in [-0.3, -0.25) is 0 Å². The maximum atomic E-state index is 12.7. The second-order valence-corrected chi connectivity index (χ2v) is 4.67. The second kappa shape index (κ2) is 8.46. The zero-order valence-electron chi connectivity index (χ0n) is 13.1. The van der Waals surface area contributed by atoms with Gasteiger partial charge < -0.3 is 9.88 Å². The minimum absolute atomic E-state index is 0.503. The van der Waals surface area contributed by atoms with Crippen LogP contribution < -0.4 is 5.32 Å². The van der Waals surface area contributed by atoms with Crippen molar-refractivity contribution in [3.8, 4) is 0 Å². The van der Waals surface area contributed by atoms with E-state index in [1.807, 2.05) is 24.6 Å². The number of rotatable bonds is 5. The van der Waals surface area contributed by atoms with Crippen LogP contribution in [0, 0.1) is 6.92 Å². The van der Waals surface area contributed by atoms with Gasteiger partial charge >= 0.3 is 6.18 Å². The van der Waals surface area contributed by atoms with Crippen LogP contribution in [0.3, 0.4) is 0 Å². The SMILES string of the molecule is CC.Cc1cc(NCCCn2ccnc2)cc(C(F)(F)F)c1. The first-order valence-electron chi connectivity index (χ1n) is 7.33. The lowest BCUT2D eigenvalue weighted by atomic mass is 10.1. The summed E-state index contributed by atoms with van der Waals surface area (Å²) in [5, 5.41) is 3.03. The molecule has 0 fully saturated rings. The molecule has 0 atom stereocenters. The average Bonchev–Trinajstić information content (AvgIpc) is 2.97. The van der Waals surface area contributed by atoms with Crippen LogP contribution in [0.5, 0.6) is 0 Å². The van der Waals surface area contributed by atoms with Gasteiger partial charge in [0.25, 0.3) is 0 Å². The lowest BCUT2D eigenvalue weighted by Crippen LogP contribution is -2.09. The molecule has 0 spiro atoms. The van der Waals surface area contributed by atoms with Crippen molar-refractivity contribution in [2.75, 3.05) is 11.9 Å². The number of benzene rings is 1. The molecule has 0 aliphatic heterocycles. The molecule has 1 aromatic heterocycles. The molecule has 0 aliphatic carbocycles. The van der Waals surface area contributed by atoms with Crippen molar-refractivity contribution in [2.24, 2.45) is 0 Å². The molecular formula is C16H22F3N3. The summed E-state index contributed by atoms with van der Waals surface area (Å²) in [5.41, 5.74) is 0.481. The lowest BCUT2D eigenvalue weighted by Gasteiger charge is -2.12. The highest BCUT2D eigenvalue weighted by Gasteiger charge is 2.30. The van der Waals surface area contributed by atoms with Gasteiger partial charge in [-0.2, -0.15) is 13.2 Å². The summed E-state index contributed by atoms with van der Waals surface area (Å²) in [6, 6.07) is 4.01. The number of hydrogen-bond donors (Lipinski definition) is 1.